The van der Waals surface area contributed by atoms with Crippen LogP contribution in [0.5, 0.6) is 0 Å². The summed E-state index contributed by atoms with van der Waals surface area (Å²) in [7, 11) is -3.56. The van der Waals surface area contributed by atoms with Gasteiger partial charge in [-0.05, 0) is 42.4 Å². The third-order valence-electron chi connectivity index (χ3n) is 3.99. The van der Waals surface area contributed by atoms with Gasteiger partial charge in [-0.15, -0.1) is 0 Å². The van der Waals surface area contributed by atoms with Crippen LogP contribution in [0.4, 0.5) is 0 Å². The topological polar surface area (TPSA) is 66.4 Å². The summed E-state index contributed by atoms with van der Waals surface area (Å²) in [6.07, 6.45) is 2.34. The van der Waals surface area contributed by atoms with Crippen molar-refractivity contribution in [2.75, 3.05) is 6.61 Å². The summed E-state index contributed by atoms with van der Waals surface area (Å²) in [5, 5.41) is 9.37. The molecule has 0 atom stereocenters. The van der Waals surface area contributed by atoms with E-state index >= 15 is 0 Å². The van der Waals surface area contributed by atoms with Crippen LogP contribution in [0, 0.1) is 0 Å². The molecular weight excluding hydrogens is 274 g/mol. The Bertz CT molecular complexity index is 561. The smallest absolute Gasteiger partial charge is 0.241 e. The van der Waals surface area contributed by atoms with Gasteiger partial charge in [0.25, 0.3) is 0 Å². The summed E-state index contributed by atoms with van der Waals surface area (Å²) in [6, 6.07) is 6.96. The molecule has 0 heterocycles. The van der Waals surface area contributed by atoms with Crippen molar-refractivity contribution in [3.63, 3.8) is 0 Å². The summed E-state index contributed by atoms with van der Waals surface area (Å²) >= 11 is 0. The molecule has 0 bridgehead atoms. The molecule has 0 aliphatic heterocycles. The Kier molecular flexibility index (Phi) is 3.97. The highest BCUT2D eigenvalue weighted by Crippen LogP contribution is 2.33. The predicted octanol–water partition coefficient (Wildman–Crippen LogP) is 2.18. The second-order valence-corrected chi connectivity index (χ2v) is 8.35. The van der Waals surface area contributed by atoms with Gasteiger partial charge in [-0.3, -0.25) is 0 Å². The van der Waals surface area contributed by atoms with Gasteiger partial charge in [0.1, 0.15) is 0 Å². The van der Waals surface area contributed by atoms with E-state index in [2.05, 4.69) is 25.5 Å². The fraction of sp³-hybridized carbons (Fsp3) is 0.600. The molecule has 0 unspecified atom stereocenters. The zero-order valence-corrected chi connectivity index (χ0v) is 13.1. The third kappa shape index (κ3) is 3.05. The Morgan fingerprint density at radius 2 is 1.75 bits per heavy atom. The normalized spacial score (nSPS) is 18.6. The SMILES string of the molecule is CC(C)(C)c1ccc(S(=O)(=O)NC2(CO)CCC2)cc1. The fourth-order valence-electron chi connectivity index (χ4n) is 2.37. The van der Waals surface area contributed by atoms with Crippen LogP contribution < -0.4 is 4.72 Å². The summed E-state index contributed by atoms with van der Waals surface area (Å²) < 4.78 is 27.3. The minimum Gasteiger partial charge on any atom is -0.394 e. The minimum absolute atomic E-state index is 0.00395. The molecule has 0 spiro atoms. The Hall–Kier alpha value is -0.910. The van der Waals surface area contributed by atoms with E-state index in [4.69, 9.17) is 0 Å². The quantitative estimate of drug-likeness (QED) is 0.895. The summed E-state index contributed by atoms with van der Waals surface area (Å²) in [4.78, 5) is 0.255. The van der Waals surface area contributed by atoms with E-state index in [1.54, 1.807) is 12.1 Å². The molecule has 0 radical (unpaired) electrons. The number of nitrogens with one attached hydrogen (secondary N) is 1. The van der Waals surface area contributed by atoms with Crippen LogP contribution in [0.15, 0.2) is 29.2 Å². The molecule has 1 aromatic rings. The van der Waals surface area contributed by atoms with Crippen LogP contribution in [-0.4, -0.2) is 25.7 Å². The number of sulfonamides is 1. The fourth-order valence-corrected chi connectivity index (χ4v) is 3.83. The number of aliphatic hydroxyl groups excluding tert-OH is 1. The molecule has 0 saturated heterocycles. The lowest BCUT2D eigenvalue weighted by atomic mass is 9.78. The maximum absolute atomic E-state index is 12.3. The van der Waals surface area contributed by atoms with Crippen molar-refractivity contribution in [3.8, 4) is 0 Å². The van der Waals surface area contributed by atoms with E-state index in [0.717, 1.165) is 12.0 Å². The van der Waals surface area contributed by atoms with E-state index in [-0.39, 0.29) is 16.9 Å². The molecule has 112 valence electrons. The van der Waals surface area contributed by atoms with E-state index in [1.165, 1.54) is 0 Å². The molecule has 1 aliphatic rings. The van der Waals surface area contributed by atoms with Crippen LogP contribution in [0.3, 0.4) is 0 Å². The van der Waals surface area contributed by atoms with E-state index in [9.17, 15) is 13.5 Å². The Morgan fingerprint density at radius 3 is 2.10 bits per heavy atom. The van der Waals surface area contributed by atoms with Crippen molar-refractivity contribution in [1.29, 1.82) is 0 Å². The number of benzene rings is 1. The largest absolute Gasteiger partial charge is 0.394 e. The highest BCUT2D eigenvalue weighted by atomic mass is 32.2. The highest BCUT2D eigenvalue weighted by molar-refractivity contribution is 7.89. The van der Waals surface area contributed by atoms with Gasteiger partial charge in [0.15, 0.2) is 0 Å². The lowest BCUT2D eigenvalue weighted by Crippen LogP contribution is -2.55. The first-order chi connectivity index (χ1) is 9.19. The molecule has 5 heteroatoms. The number of rotatable bonds is 4. The van der Waals surface area contributed by atoms with Crippen molar-refractivity contribution in [1.82, 2.24) is 4.72 Å². The first-order valence-corrected chi connectivity index (χ1v) is 8.42. The average molecular weight is 297 g/mol. The number of hydrogen-bond acceptors (Lipinski definition) is 3. The minimum atomic E-state index is -3.56. The molecule has 1 saturated carbocycles. The third-order valence-corrected chi connectivity index (χ3v) is 5.59. The second kappa shape index (κ2) is 5.13. The molecule has 4 nitrogen and oxygen atoms in total. The number of hydrogen-bond donors (Lipinski definition) is 2. The Balaban J connectivity index is 2.22. The van der Waals surface area contributed by atoms with Crippen molar-refractivity contribution >= 4 is 10.0 Å². The summed E-state index contributed by atoms with van der Waals surface area (Å²) in [6.45, 7) is 6.12. The van der Waals surface area contributed by atoms with Crippen molar-refractivity contribution in [2.24, 2.45) is 0 Å². The van der Waals surface area contributed by atoms with E-state index in [0.29, 0.717) is 12.8 Å². The molecule has 20 heavy (non-hydrogen) atoms. The van der Waals surface area contributed by atoms with Crippen molar-refractivity contribution < 1.29 is 13.5 Å². The average Bonchev–Trinajstić information content (AvgIpc) is 2.33. The van der Waals surface area contributed by atoms with Gasteiger partial charge in [-0.25, -0.2) is 13.1 Å². The van der Waals surface area contributed by atoms with Crippen LogP contribution >= 0.6 is 0 Å². The molecular formula is C15H23NO3S. The van der Waals surface area contributed by atoms with Gasteiger partial charge in [0.2, 0.25) is 10.0 Å². The summed E-state index contributed by atoms with van der Waals surface area (Å²) in [5.74, 6) is 0. The molecule has 0 amide bonds. The molecule has 2 N–H and O–H groups in total. The van der Waals surface area contributed by atoms with Crippen molar-refractivity contribution in [2.45, 2.75) is 55.9 Å². The van der Waals surface area contributed by atoms with Gasteiger partial charge < -0.3 is 5.11 Å². The molecule has 0 aromatic heterocycles. The summed E-state index contributed by atoms with van der Waals surface area (Å²) in [5.41, 5.74) is 0.439. The van der Waals surface area contributed by atoms with Crippen molar-refractivity contribution in [3.05, 3.63) is 29.8 Å². The maximum atomic E-state index is 12.3. The lowest BCUT2D eigenvalue weighted by Gasteiger charge is -2.40. The van der Waals surface area contributed by atoms with Gasteiger partial charge in [0.05, 0.1) is 17.0 Å². The van der Waals surface area contributed by atoms with Crippen LogP contribution in [0.2, 0.25) is 0 Å². The van der Waals surface area contributed by atoms with Crippen LogP contribution in [0.1, 0.15) is 45.6 Å². The van der Waals surface area contributed by atoms with Crippen LogP contribution in [-0.2, 0) is 15.4 Å². The zero-order valence-electron chi connectivity index (χ0n) is 12.3. The maximum Gasteiger partial charge on any atom is 0.241 e. The Morgan fingerprint density at radius 1 is 1.20 bits per heavy atom. The Labute approximate surface area is 121 Å². The van der Waals surface area contributed by atoms with Gasteiger partial charge in [-0.2, -0.15) is 0 Å². The monoisotopic (exact) mass is 297 g/mol. The standard InChI is InChI=1S/C15H23NO3S/c1-14(2,3)12-5-7-13(8-6-12)20(18,19)16-15(11-17)9-4-10-15/h5-8,16-17H,4,9-11H2,1-3H3. The molecule has 1 aromatic carbocycles. The zero-order chi connectivity index (χ0) is 15.0. The first kappa shape index (κ1) is 15.5. The van der Waals surface area contributed by atoms with Gasteiger partial charge in [-0.1, -0.05) is 32.9 Å². The number of aliphatic hydroxyl groups is 1. The van der Waals surface area contributed by atoms with Gasteiger partial charge >= 0.3 is 0 Å². The molecule has 1 fully saturated rings. The molecule has 2 rings (SSSR count). The van der Waals surface area contributed by atoms with E-state index < -0.39 is 15.6 Å². The lowest BCUT2D eigenvalue weighted by molar-refractivity contribution is 0.110. The second-order valence-electron chi connectivity index (χ2n) is 6.67. The molecule has 1 aliphatic carbocycles. The van der Waals surface area contributed by atoms with Gasteiger partial charge in [0, 0.05) is 0 Å². The first-order valence-electron chi connectivity index (χ1n) is 6.94. The predicted molar refractivity (Wildman–Crippen MR) is 79.1 cm³/mol. The van der Waals surface area contributed by atoms with E-state index in [1.807, 2.05) is 12.1 Å². The highest BCUT2D eigenvalue weighted by Gasteiger charge is 2.40. The van der Waals surface area contributed by atoms with Crippen LogP contribution in [0.25, 0.3) is 0 Å².